The Morgan fingerprint density at radius 1 is 1.58 bits per heavy atom. The van der Waals surface area contributed by atoms with Gasteiger partial charge in [-0.1, -0.05) is 0 Å². The second-order valence-corrected chi connectivity index (χ2v) is 2.49. The van der Waals surface area contributed by atoms with Crippen molar-refractivity contribution in [2.24, 2.45) is 0 Å². The van der Waals surface area contributed by atoms with Gasteiger partial charge in [-0.05, 0) is 25.5 Å². The number of carbonyl (C=O) groups is 2. The Kier molecular flexibility index (Phi) is 2.28. The fourth-order valence-electron chi connectivity index (χ4n) is 0.879. The molecule has 0 saturated heterocycles. The number of H-pyrrole nitrogens is 1. The minimum atomic E-state index is -0.652. The first-order valence-corrected chi connectivity index (χ1v) is 3.46. The summed E-state index contributed by atoms with van der Waals surface area (Å²) in [6, 6.07) is 1.64. The van der Waals surface area contributed by atoms with Gasteiger partial charge in [-0.15, -0.1) is 0 Å². The topological polar surface area (TPSA) is 59.2 Å². The van der Waals surface area contributed by atoms with Gasteiger partial charge < -0.3 is 9.72 Å². The Bertz CT molecular complexity index is 295. The Balaban J connectivity index is 2.88. The second kappa shape index (κ2) is 3.21. The molecule has 0 aliphatic carbocycles. The summed E-state index contributed by atoms with van der Waals surface area (Å²) in [7, 11) is 0. The van der Waals surface area contributed by atoms with E-state index >= 15 is 0 Å². The number of aryl methyl sites for hydroxylation is 2. The quantitative estimate of drug-likeness (QED) is 0.405. The van der Waals surface area contributed by atoms with Gasteiger partial charge >= 0.3 is 12.4 Å². The van der Waals surface area contributed by atoms with Crippen molar-refractivity contribution in [1.82, 2.24) is 4.98 Å². The lowest BCUT2D eigenvalue weighted by molar-refractivity contribution is -0.123. The number of aromatic nitrogens is 1. The van der Waals surface area contributed by atoms with E-state index in [9.17, 15) is 9.59 Å². The summed E-state index contributed by atoms with van der Waals surface area (Å²) in [5.74, 6) is -0.652. The molecule has 1 aromatic rings. The molecule has 0 aromatic carbocycles. The van der Waals surface area contributed by atoms with Gasteiger partial charge in [0.15, 0.2) is 0 Å². The van der Waals surface area contributed by atoms with Crippen LogP contribution in [0, 0.1) is 13.8 Å². The predicted octanol–water partition coefficient (Wildman–Crippen LogP) is 0.945. The van der Waals surface area contributed by atoms with Crippen LogP contribution in [0.5, 0.6) is 0 Å². The van der Waals surface area contributed by atoms with Gasteiger partial charge in [0.05, 0.1) is 0 Å². The van der Waals surface area contributed by atoms with Crippen molar-refractivity contribution in [2.75, 3.05) is 0 Å². The van der Waals surface area contributed by atoms with Crippen LogP contribution in [0.15, 0.2) is 6.07 Å². The molecule has 12 heavy (non-hydrogen) atoms. The zero-order valence-electron chi connectivity index (χ0n) is 6.88. The van der Waals surface area contributed by atoms with Crippen LogP contribution in [0.2, 0.25) is 0 Å². The van der Waals surface area contributed by atoms with Gasteiger partial charge in [0, 0.05) is 5.69 Å². The Labute approximate surface area is 69.5 Å². The SMILES string of the molecule is Cc1cc(C(=O)OC=O)[nH]c1C. The van der Waals surface area contributed by atoms with Crippen molar-refractivity contribution >= 4 is 12.4 Å². The third-order valence-corrected chi connectivity index (χ3v) is 1.65. The molecule has 0 radical (unpaired) electrons. The molecule has 0 bridgehead atoms. The van der Waals surface area contributed by atoms with Crippen LogP contribution in [-0.2, 0) is 9.53 Å². The molecule has 1 heterocycles. The normalized spacial score (nSPS) is 9.50. The van der Waals surface area contributed by atoms with E-state index < -0.39 is 5.97 Å². The molecule has 0 atom stereocenters. The van der Waals surface area contributed by atoms with Gasteiger partial charge in [-0.2, -0.15) is 0 Å². The molecule has 1 N–H and O–H groups in total. The number of ether oxygens (including phenoxy) is 1. The average Bonchev–Trinajstić information content (AvgIpc) is 2.33. The van der Waals surface area contributed by atoms with Crippen molar-refractivity contribution in [3.05, 3.63) is 23.0 Å². The summed E-state index contributed by atoms with van der Waals surface area (Å²) in [5, 5.41) is 0. The maximum absolute atomic E-state index is 10.9. The van der Waals surface area contributed by atoms with Crippen LogP contribution in [0.25, 0.3) is 0 Å². The molecule has 1 aromatic heterocycles. The monoisotopic (exact) mass is 167 g/mol. The zero-order chi connectivity index (χ0) is 9.14. The highest BCUT2D eigenvalue weighted by molar-refractivity contribution is 5.91. The molecular formula is C8H9NO3. The lowest BCUT2D eigenvalue weighted by Gasteiger charge is -1.90. The molecule has 0 saturated carbocycles. The first kappa shape index (κ1) is 8.52. The van der Waals surface area contributed by atoms with E-state index in [-0.39, 0.29) is 6.47 Å². The van der Waals surface area contributed by atoms with Crippen molar-refractivity contribution < 1.29 is 14.3 Å². The summed E-state index contributed by atoms with van der Waals surface area (Å²) in [6.45, 7) is 3.82. The van der Waals surface area contributed by atoms with Crippen LogP contribution >= 0.6 is 0 Å². The predicted molar refractivity (Wildman–Crippen MR) is 41.7 cm³/mol. The van der Waals surface area contributed by atoms with E-state index in [0.717, 1.165) is 11.3 Å². The van der Waals surface area contributed by atoms with E-state index in [4.69, 9.17) is 0 Å². The summed E-state index contributed by atoms with van der Waals surface area (Å²) in [6.07, 6.45) is 0. The summed E-state index contributed by atoms with van der Waals surface area (Å²) >= 11 is 0. The van der Waals surface area contributed by atoms with Gasteiger partial charge in [0.25, 0.3) is 0 Å². The first-order chi connectivity index (χ1) is 5.65. The second-order valence-electron chi connectivity index (χ2n) is 2.49. The van der Waals surface area contributed by atoms with Crippen LogP contribution in [-0.4, -0.2) is 17.4 Å². The number of aromatic amines is 1. The fourth-order valence-corrected chi connectivity index (χ4v) is 0.879. The maximum atomic E-state index is 10.9. The van der Waals surface area contributed by atoms with E-state index in [0.29, 0.717) is 5.69 Å². The minimum Gasteiger partial charge on any atom is -0.391 e. The van der Waals surface area contributed by atoms with Crippen LogP contribution in [0.1, 0.15) is 21.7 Å². The van der Waals surface area contributed by atoms with Crippen molar-refractivity contribution in [2.45, 2.75) is 13.8 Å². The van der Waals surface area contributed by atoms with Gasteiger partial charge in [-0.25, -0.2) is 4.79 Å². The molecule has 0 spiro atoms. The smallest absolute Gasteiger partial charge is 0.362 e. The Morgan fingerprint density at radius 3 is 2.67 bits per heavy atom. The number of nitrogens with one attached hydrogen (secondary N) is 1. The number of esters is 1. The molecule has 0 unspecified atom stereocenters. The molecule has 0 aliphatic heterocycles. The summed E-state index contributed by atoms with van der Waals surface area (Å²) < 4.78 is 4.15. The highest BCUT2D eigenvalue weighted by Crippen LogP contribution is 2.08. The van der Waals surface area contributed by atoms with Crippen molar-refractivity contribution in [3.63, 3.8) is 0 Å². The first-order valence-electron chi connectivity index (χ1n) is 3.46. The maximum Gasteiger partial charge on any atom is 0.362 e. The van der Waals surface area contributed by atoms with Gasteiger partial charge in [0.1, 0.15) is 5.69 Å². The van der Waals surface area contributed by atoms with Crippen LogP contribution in [0.4, 0.5) is 0 Å². The molecule has 0 aliphatic rings. The van der Waals surface area contributed by atoms with E-state index in [1.807, 2.05) is 13.8 Å². The molecular weight excluding hydrogens is 158 g/mol. The molecule has 64 valence electrons. The molecule has 0 amide bonds. The van der Waals surface area contributed by atoms with Gasteiger partial charge in [0.2, 0.25) is 0 Å². The largest absolute Gasteiger partial charge is 0.391 e. The van der Waals surface area contributed by atoms with Crippen LogP contribution < -0.4 is 0 Å². The standard InChI is InChI=1S/C8H9NO3/c1-5-3-7(9-6(5)2)8(11)12-4-10/h3-4,9H,1-2H3. The van der Waals surface area contributed by atoms with E-state index in [1.54, 1.807) is 6.07 Å². The number of carbonyl (C=O) groups excluding carboxylic acids is 2. The number of hydrogen-bond donors (Lipinski definition) is 1. The third-order valence-electron chi connectivity index (χ3n) is 1.65. The molecule has 1 rings (SSSR count). The van der Waals surface area contributed by atoms with Crippen molar-refractivity contribution in [1.29, 1.82) is 0 Å². The summed E-state index contributed by atoms with van der Waals surface area (Å²) in [4.78, 5) is 23.5. The fraction of sp³-hybridized carbons (Fsp3) is 0.250. The lowest BCUT2D eigenvalue weighted by Crippen LogP contribution is -2.03. The Morgan fingerprint density at radius 2 is 2.25 bits per heavy atom. The molecule has 4 nitrogen and oxygen atoms in total. The number of hydrogen-bond acceptors (Lipinski definition) is 3. The third kappa shape index (κ3) is 1.53. The molecule has 4 heteroatoms. The average molecular weight is 167 g/mol. The number of rotatable bonds is 2. The Hall–Kier alpha value is -1.58. The van der Waals surface area contributed by atoms with E-state index in [1.165, 1.54) is 0 Å². The molecule has 0 fully saturated rings. The zero-order valence-corrected chi connectivity index (χ0v) is 6.88. The highest BCUT2D eigenvalue weighted by atomic mass is 16.6. The van der Waals surface area contributed by atoms with Gasteiger partial charge in [-0.3, -0.25) is 4.79 Å². The lowest BCUT2D eigenvalue weighted by atomic mass is 10.3. The highest BCUT2D eigenvalue weighted by Gasteiger charge is 2.09. The van der Waals surface area contributed by atoms with E-state index in [2.05, 4.69) is 9.72 Å². The minimum absolute atomic E-state index is 0.119. The van der Waals surface area contributed by atoms with Crippen molar-refractivity contribution in [3.8, 4) is 0 Å². The van der Waals surface area contributed by atoms with Crippen LogP contribution in [0.3, 0.4) is 0 Å². The summed E-state index contributed by atoms with van der Waals surface area (Å²) in [5.41, 5.74) is 2.16.